The minimum Gasteiger partial charge on any atom is -0.493 e. The number of amides is 1. The van der Waals surface area contributed by atoms with Gasteiger partial charge >= 0.3 is 0 Å². The Labute approximate surface area is 174 Å². The minimum absolute atomic E-state index is 0.0303. The van der Waals surface area contributed by atoms with Crippen molar-refractivity contribution in [1.29, 1.82) is 0 Å². The van der Waals surface area contributed by atoms with E-state index in [9.17, 15) is 4.79 Å². The number of thiazole rings is 1. The van der Waals surface area contributed by atoms with Crippen molar-refractivity contribution >= 4 is 32.6 Å². The van der Waals surface area contributed by atoms with E-state index in [1.165, 1.54) is 10.3 Å². The SMILES string of the molecule is CCc1ccc2nc(N3CCN(C(=O)c4cccc(OC)c4OC)CC3)sc2c1. The number of aryl methyl sites for hydroxylation is 1. The lowest BCUT2D eigenvalue weighted by atomic mass is 10.1. The van der Waals surface area contributed by atoms with E-state index in [0.717, 1.165) is 30.2 Å². The van der Waals surface area contributed by atoms with Gasteiger partial charge in [-0.2, -0.15) is 0 Å². The molecular weight excluding hydrogens is 386 g/mol. The number of fused-ring (bicyclic) bond motifs is 1. The first-order valence-corrected chi connectivity index (χ1v) is 10.6. The quantitative estimate of drug-likeness (QED) is 0.639. The summed E-state index contributed by atoms with van der Waals surface area (Å²) < 4.78 is 12.0. The maximum atomic E-state index is 13.1. The third-order valence-electron chi connectivity index (χ3n) is 5.32. The molecule has 7 heteroatoms. The van der Waals surface area contributed by atoms with Crippen LogP contribution in [0, 0.1) is 0 Å². The van der Waals surface area contributed by atoms with Crippen LogP contribution >= 0.6 is 11.3 Å². The number of para-hydroxylation sites is 1. The molecule has 6 nitrogen and oxygen atoms in total. The van der Waals surface area contributed by atoms with Crippen LogP contribution in [-0.4, -0.2) is 56.2 Å². The molecule has 1 amide bonds. The van der Waals surface area contributed by atoms with Crippen LogP contribution in [0.1, 0.15) is 22.8 Å². The van der Waals surface area contributed by atoms with Crippen LogP contribution in [-0.2, 0) is 6.42 Å². The summed E-state index contributed by atoms with van der Waals surface area (Å²) in [7, 11) is 3.13. The summed E-state index contributed by atoms with van der Waals surface area (Å²) in [6.07, 6.45) is 1.03. The number of methoxy groups -OCH3 is 2. The third-order valence-corrected chi connectivity index (χ3v) is 6.40. The van der Waals surface area contributed by atoms with Crippen LogP contribution in [0.15, 0.2) is 36.4 Å². The molecular formula is C22H25N3O3S. The average Bonchev–Trinajstić information content (AvgIpc) is 3.21. The fraction of sp³-hybridized carbons (Fsp3) is 0.364. The number of carbonyl (C=O) groups excluding carboxylic acids is 1. The van der Waals surface area contributed by atoms with E-state index < -0.39 is 0 Å². The van der Waals surface area contributed by atoms with Crippen LogP contribution < -0.4 is 14.4 Å². The molecule has 2 aromatic carbocycles. The van der Waals surface area contributed by atoms with Gasteiger partial charge in [-0.05, 0) is 36.2 Å². The molecule has 0 atom stereocenters. The van der Waals surface area contributed by atoms with Gasteiger partial charge in [-0.15, -0.1) is 0 Å². The predicted molar refractivity (Wildman–Crippen MR) is 117 cm³/mol. The fourth-order valence-corrected chi connectivity index (χ4v) is 4.72. The number of piperazine rings is 1. The summed E-state index contributed by atoms with van der Waals surface area (Å²) in [5, 5.41) is 1.03. The highest BCUT2D eigenvalue weighted by atomic mass is 32.1. The van der Waals surface area contributed by atoms with Crippen LogP contribution in [0.2, 0.25) is 0 Å². The second kappa shape index (κ2) is 8.29. The molecule has 152 valence electrons. The number of hydrogen-bond acceptors (Lipinski definition) is 6. The van der Waals surface area contributed by atoms with Gasteiger partial charge in [0.1, 0.15) is 0 Å². The van der Waals surface area contributed by atoms with E-state index in [4.69, 9.17) is 14.5 Å². The molecule has 29 heavy (non-hydrogen) atoms. The predicted octanol–water partition coefficient (Wildman–Crippen LogP) is 3.84. The lowest BCUT2D eigenvalue weighted by Crippen LogP contribution is -2.48. The lowest BCUT2D eigenvalue weighted by molar-refractivity contribution is 0.0742. The molecule has 1 aliphatic rings. The van der Waals surface area contributed by atoms with Gasteiger partial charge in [0, 0.05) is 26.2 Å². The maximum Gasteiger partial charge on any atom is 0.257 e. The van der Waals surface area contributed by atoms with Crippen molar-refractivity contribution in [3.63, 3.8) is 0 Å². The van der Waals surface area contributed by atoms with Gasteiger partial charge in [0.25, 0.3) is 5.91 Å². The number of hydrogen-bond donors (Lipinski definition) is 0. The van der Waals surface area contributed by atoms with Gasteiger partial charge in [0.15, 0.2) is 16.6 Å². The zero-order valence-electron chi connectivity index (χ0n) is 17.0. The zero-order chi connectivity index (χ0) is 20.4. The number of benzene rings is 2. The third kappa shape index (κ3) is 3.74. The number of anilines is 1. The van der Waals surface area contributed by atoms with E-state index >= 15 is 0 Å². The first kappa shape index (κ1) is 19.5. The van der Waals surface area contributed by atoms with E-state index in [1.54, 1.807) is 37.7 Å². The smallest absolute Gasteiger partial charge is 0.257 e. The summed E-state index contributed by atoms with van der Waals surface area (Å²) in [6, 6.07) is 11.9. The first-order chi connectivity index (χ1) is 14.1. The number of ether oxygens (including phenoxy) is 2. The molecule has 1 fully saturated rings. The number of carbonyl (C=O) groups is 1. The molecule has 1 aliphatic heterocycles. The Kier molecular flexibility index (Phi) is 5.58. The molecule has 0 bridgehead atoms. The largest absolute Gasteiger partial charge is 0.493 e. The van der Waals surface area contributed by atoms with Crippen molar-refractivity contribution in [2.24, 2.45) is 0 Å². The fourth-order valence-electron chi connectivity index (χ4n) is 3.64. The Balaban J connectivity index is 1.48. The molecule has 4 rings (SSSR count). The van der Waals surface area contributed by atoms with Gasteiger partial charge in [-0.3, -0.25) is 4.79 Å². The number of aromatic nitrogens is 1. The van der Waals surface area contributed by atoms with Crippen LogP contribution in [0.3, 0.4) is 0 Å². The summed E-state index contributed by atoms with van der Waals surface area (Å²) in [5.41, 5.74) is 2.91. The van der Waals surface area contributed by atoms with E-state index in [0.29, 0.717) is 30.2 Å². The first-order valence-electron chi connectivity index (χ1n) is 9.79. The van der Waals surface area contributed by atoms with Crippen LogP contribution in [0.25, 0.3) is 10.2 Å². The van der Waals surface area contributed by atoms with Crippen LogP contribution in [0.4, 0.5) is 5.13 Å². The normalized spacial score (nSPS) is 14.3. The maximum absolute atomic E-state index is 13.1. The van der Waals surface area contributed by atoms with Gasteiger partial charge in [0.2, 0.25) is 0 Å². The van der Waals surface area contributed by atoms with E-state index in [-0.39, 0.29) is 5.91 Å². The van der Waals surface area contributed by atoms with Crippen molar-refractivity contribution in [1.82, 2.24) is 9.88 Å². The number of nitrogens with zero attached hydrogens (tertiary/aromatic N) is 3. The highest BCUT2D eigenvalue weighted by Gasteiger charge is 2.26. The summed E-state index contributed by atoms with van der Waals surface area (Å²) in [5.74, 6) is 1.02. The molecule has 3 aromatic rings. The van der Waals surface area contributed by atoms with Gasteiger partial charge < -0.3 is 19.3 Å². The topological polar surface area (TPSA) is 54.9 Å². The molecule has 0 N–H and O–H groups in total. The summed E-state index contributed by atoms with van der Waals surface area (Å²) in [4.78, 5) is 22.0. The van der Waals surface area contributed by atoms with Gasteiger partial charge in [0.05, 0.1) is 30.0 Å². The molecule has 0 spiro atoms. The highest BCUT2D eigenvalue weighted by Crippen LogP contribution is 2.33. The molecule has 0 saturated carbocycles. The molecule has 2 heterocycles. The Bertz CT molecular complexity index is 1030. The van der Waals surface area contributed by atoms with Crippen LogP contribution in [0.5, 0.6) is 11.5 Å². The monoisotopic (exact) mass is 411 g/mol. The standard InChI is InChI=1S/C22H25N3O3S/c1-4-15-8-9-17-19(14-15)29-22(23-17)25-12-10-24(11-13-25)21(26)16-6-5-7-18(27-2)20(16)28-3/h5-9,14H,4,10-13H2,1-3H3. The Morgan fingerprint density at radius 2 is 1.90 bits per heavy atom. The second-order valence-electron chi connectivity index (χ2n) is 6.97. The molecule has 0 radical (unpaired) electrons. The summed E-state index contributed by atoms with van der Waals surface area (Å²) >= 11 is 1.73. The van der Waals surface area contributed by atoms with Crippen molar-refractivity contribution in [3.05, 3.63) is 47.5 Å². The lowest BCUT2D eigenvalue weighted by Gasteiger charge is -2.34. The molecule has 0 aliphatic carbocycles. The van der Waals surface area contributed by atoms with Crippen molar-refractivity contribution in [3.8, 4) is 11.5 Å². The van der Waals surface area contributed by atoms with Crippen molar-refractivity contribution < 1.29 is 14.3 Å². The Morgan fingerprint density at radius 1 is 1.10 bits per heavy atom. The van der Waals surface area contributed by atoms with E-state index in [2.05, 4.69) is 30.0 Å². The number of rotatable bonds is 5. The van der Waals surface area contributed by atoms with Crippen molar-refractivity contribution in [2.45, 2.75) is 13.3 Å². The Hall–Kier alpha value is -2.80. The average molecular weight is 412 g/mol. The van der Waals surface area contributed by atoms with Crippen molar-refractivity contribution in [2.75, 3.05) is 45.3 Å². The molecule has 0 unspecified atom stereocenters. The summed E-state index contributed by atoms with van der Waals surface area (Å²) in [6.45, 7) is 4.98. The molecule has 1 aromatic heterocycles. The minimum atomic E-state index is -0.0303. The van der Waals surface area contributed by atoms with E-state index in [1.807, 2.05) is 11.0 Å². The van der Waals surface area contributed by atoms with Gasteiger partial charge in [-0.1, -0.05) is 30.4 Å². The zero-order valence-corrected chi connectivity index (χ0v) is 17.8. The highest BCUT2D eigenvalue weighted by molar-refractivity contribution is 7.22. The molecule has 1 saturated heterocycles. The Morgan fingerprint density at radius 3 is 2.59 bits per heavy atom. The van der Waals surface area contributed by atoms with Gasteiger partial charge in [-0.25, -0.2) is 4.98 Å². The second-order valence-corrected chi connectivity index (χ2v) is 7.98.